The molecule has 1 N–H and O–H groups in total. The summed E-state index contributed by atoms with van der Waals surface area (Å²) in [6.45, 7) is 0.508. The van der Waals surface area contributed by atoms with Crippen molar-refractivity contribution in [1.29, 1.82) is 0 Å². The van der Waals surface area contributed by atoms with Crippen molar-refractivity contribution in [2.45, 2.75) is 18.3 Å². The number of aryl methyl sites for hydroxylation is 1. The molecule has 0 aliphatic rings. The highest BCUT2D eigenvalue weighted by atomic mass is 32.2. The molecule has 24 heavy (non-hydrogen) atoms. The number of nitrogens with one attached hydrogen (secondary N) is 1. The lowest BCUT2D eigenvalue weighted by atomic mass is 10.2. The largest absolute Gasteiger partial charge is 0.494 e. The number of carbonyl (C=O) groups is 1. The van der Waals surface area contributed by atoms with E-state index < -0.39 is 18.6 Å². The van der Waals surface area contributed by atoms with Crippen molar-refractivity contribution in [3.63, 3.8) is 0 Å². The van der Waals surface area contributed by atoms with E-state index in [4.69, 9.17) is 4.74 Å². The number of amides is 1. The summed E-state index contributed by atoms with van der Waals surface area (Å²) in [6.07, 6.45) is -4.45. The van der Waals surface area contributed by atoms with E-state index in [9.17, 15) is 18.0 Å². The fraction of sp³-hybridized carbons (Fsp3) is 0.385. The molecule has 1 aromatic carbocycles. The molecule has 0 bridgehead atoms. The lowest BCUT2D eigenvalue weighted by Gasteiger charge is -2.10. The van der Waals surface area contributed by atoms with E-state index in [1.54, 1.807) is 17.4 Å². The molecule has 0 spiro atoms. The number of benzene rings is 1. The highest BCUT2D eigenvalue weighted by molar-refractivity contribution is 7.99. The highest BCUT2D eigenvalue weighted by Crippen LogP contribution is 2.26. The number of ether oxygens (including phenoxy) is 1. The minimum absolute atomic E-state index is 0.245. The Kier molecular flexibility index (Phi) is 5.65. The first-order valence-corrected chi connectivity index (χ1v) is 7.68. The summed E-state index contributed by atoms with van der Waals surface area (Å²) in [7, 11) is 1.50. The third-order valence-corrected chi connectivity index (χ3v) is 3.74. The Morgan fingerprint density at radius 1 is 1.42 bits per heavy atom. The van der Waals surface area contributed by atoms with Crippen LogP contribution in [0.1, 0.15) is 5.56 Å². The van der Waals surface area contributed by atoms with E-state index in [1.807, 2.05) is 13.0 Å². The standard InChI is InChI=1S/C13H14F3N5O2S/c1-8-3-4-10(23-2)9(5-8)21-12(18-19-20-21)24-6-11(22)17-7-13(14,15)16/h3-5H,6-7H2,1-2H3,(H,17,22). The van der Waals surface area contributed by atoms with Gasteiger partial charge in [-0.2, -0.15) is 17.9 Å². The number of rotatable bonds is 6. The number of thioether (sulfide) groups is 1. The van der Waals surface area contributed by atoms with Gasteiger partial charge in [0.15, 0.2) is 0 Å². The number of carbonyl (C=O) groups excluding carboxylic acids is 1. The molecule has 0 saturated carbocycles. The Morgan fingerprint density at radius 3 is 2.83 bits per heavy atom. The lowest BCUT2D eigenvalue weighted by molar-refractivity contribution is -0.136. The van der Waals surface area contributed by atoms with Gasteiger partial charge in [0.25, 0.3) is 0 Å². The van der Waals surface area contributed by atoms with E-state index in [0.717, 1.165) is 17.3 Å². The van der Waals surface area contributed by atoms with E-state index >= 15 is 0 Å². The van der Waals surface area contributed by atoms with E-state index in [1.165, 1.54) is 11.8 Å². The number of halogens is 3. The van der Waals surface area contributed by atoms with E-state index in [0.29, 0.717) is 11.4 Å². The summed E-state index contributed by atoms with van der Waals surface area (Å²) in [5.74, 6) is -0.482. The predicted octanol–water partition coefficient (Wildman–Crippen LogP) is 1.75. The summed E-state index contributed by atoms with van der Waals surface area (Å²) in [6, 6.07) is 5.39. The van der Waals surface area contributed by atoms with Crippen LogP contribution in [0.4, 0.5) is 13.2 Å². The van der Waals surface area contributed by atoms with Crippen LogP contribution < -0.4 is 10.1 Å². The second-order valence-electron chi connectivity index (χ2n) is 4.73. The minimum Gasteiger partial charge on any atom is -0.494 e. The van der Waals surface area contributed by atoms with Crippen LogP contribution in [0.25, 0.3) is 5.69 Å². The van der Waals surface area contributed by atoms with Gasteiger partial charge in [0.1, 0.15) is 18.0 Å². The molecule has 7 nitrogen and oxygen atoms in total. The van der Waals surface area contributed by atoms with E-state index in [-0.39, 0.29) is 10.9 Å². The Labute approximate surface area is 139 Å². The third kappa shape index (κ3) is 4.85. The van der Waals surface area contributed by atoms with Gasteiger partial charge >= 0.3 is 6.18 Å². The van der Waals surface area contributed by atoms with Crippen LogP contribution in [0.15, 0.2) is 23.4 Å². The number of methoxy groups -OCH3 is 1. The minimum atomic E-state index is -4.45. The summed E-state index contributed by atoms with van der Waals surface area (Å²) in [5, 5.41) is 13.2. The van der Waals surface area contributed by atoms with Gasteiger partial charge < -0.3 is 10.1 Å². The summed E-state index contributed by atoms with van der Waals surface area (Å²) in [4.78, 5) is 11.5. The van der Waals surface area contributed by atoms with E-state index in [2.05, 4.69) is 15.5 Å². The van der Waals surface area contributed by atoms with Gasteiger partial charge in [0, 0.05) is 0 Å². The maximum absolute atomic E-state index is 12.1. The number of alkyl halides is 3. The van der Waals surface area contributed by atoms with Crippen LogP contribution in [0.5, 0.6) is 5.75 Å². The Bertz CT molecular complexity index is 720. The molecule has 2 aromatic rings. The van der Waals surface area contributed by atoms with Crippen molar-refractivity contribution in [2.75, 3.05) is 19.4 Å². The van der Waals surface area contributed by atoms with Gasteiger partial charge in [0.05, 0.1) is 12.9 Å². The zero-order valence-corrected chi connectivity index (χ0v) is 13.6. The molecule has 2 rings (SSSR count). The average Bonchev–Trinajstić information content (AvgIpc) is 2.98. The fourth-order valence-electron chi connectivity index (χ4n) is 1.77. The molecular formula is C13H14F3N5O2S. The zero-order chi connectivity index (χ0) is 17.7. The summed E-state index contributed by atoms with van der Waals surface area (Å²) < 4.78 is 42.8. The molecule has 130 valence electrons. The van der Waals surface area contributed by atoms with Gasteiger partial charge in [-0.3, -0.25) is 4.79 Å². The molecule has 0 atom stereocenters. The molecule has 0 unspecified atom stereocenters. The fourth-order valence-corrected chi connectivity index (χ4v) is 2.48. The normalized spacial score (nSPS) is 11.4. The van der Waals surface area contributed by atoms with Crippen molar-refractivity contribution in [3.8, 4) is 11.4 Å². The second kappa shape index (κ2) is 7.51. The molecule has 0 fully saturated rings. The first-order chi connectivity index (χ1) is 11.3. The molecule has 1 amide bonds. The van der Waals surface area contributed by atoms with Crippen molar-refractivity contribution < 1.29 is 22.7 Å². The topological polar surface area (TPSA) is 81.9 Å². The van der Waals surface area contributed by atoms with Gasteiger partial charge in [-0.05, 0) is 35.0 Å². The quantitative estimate of drug-likeness (QED) is 0.790. The zero-order valence-electron chi connectivity index (χ0n) is 12.8. The average molecular weight is 361 g/mol. The summed E-state index contributed by atoms with van der Waals surface area (Å²) in [5.41, 5.74) is 1.51. The second-order valence-corrected chi connectivity index (χ2v) is 5.67. The first kappa shape index (κ1) is 18.0. The van der Waals surface area contributed by atoms with Crippen molar-refractivity contribution in [2.24, 2.45) is 0 Å². The number of nitrogens with zero attached hydrogens (tertiary/aromatic N) is 4. The predicted molar refractivity (Wildman–Crippen MR) is 80.2 cm³/mol. The molecule has 0 aliphatic heterocycles. The third-order valence-electron chi connectivity index (χ3n) is 2.82. The van der Waals surface area contributed by atoms with Crippen LogP contribution in [0, 0.1) is 6.92 Å². The van der Waals surface area contributed by atoms with Crippen LogP contribution in [-0.4, -0.2) is 51.7 Å². The van der Waals surface area contributed by atoms with Gasteiger partial charge in [-0.1, -0.05) is 17.8 Å². The molecule has 1 heterocycles. The molecule has 0 aliphatic carbocycles. The van der Waals surface area contributed by atoms with Gasteiger partial charge in [0.2, 0.25) is 11.1 Å². The maximum atomic E-state index is 12.1. The summed E-state index contributed by atoms with van der Waals surface area (Å²) >= 11 is 0.924. The Morgan fingerprint density at radius 2 is 2.17 bits per heavy atom. The lowest BCUT2D eigenvalue weighted by Crippen LogP contribution is -2.34. The van der Waals surface area contributed by atoms with Crippen molar-refractivity contribution in [1.82, 2.24) is 25.5 Å². The molecule has 0 saturated heterocycles. The Hall–Kier alpha value is -2.30. The highest BCUT2D eigenvalue weighted by Gasteiger charge is 2.27. The molecule has 1 aromatic heterocycles. The van der Waals surface area contributed by atoms with Gasteiger partial charge in [-0.15, -0.1) is 5.10 Å². The Balaban J connectivity index is 2.09. The van der Waals surface area contributed by atoms with Crippen molar-refractivity contribution in [3.05, 3.63) is 23.8 Å². The monoisotopic (exact) mass is 361 g/mol. The first-order valence-electron chi connectivity index (χ1n) is 6.70. The maximum Gasteiger partial charge on any atom is 0.405 e. The molecule has 0 radical (unpaired) electrons. The van der Waals surface area contributed by atoms with Crippen molar-refractivity contribution >= 4 is 17.7 Å². The van der Waals surface area contributed by atoms with Crippen LogP contribution in [-0.2, 0) is 4.79 Å². The number of hydrogen-bond donors (Lipinski definition) is 1. The smallest absolute Gasteiger partial charge is 0.405 e. The number of aromatic nitrogens is 4. The van der Waals surface area contributed by atoms with Crippen LogP contribution >= 0.6 is 11.8 Å². The number of tetrazole rings is 1. The molecular weight excluding hydrogens is 347 g/mol. The van der Waals surface area contributed by atoms with Crippen LogP contribution in [0.3, 0.4) is 0 Å². The van der Waals surface area contributed by atoms with Crippen LogP contribution in [0.2, 0.25) is 0 Å². The molecule has 11 heteroatoms. The number of hydrogen-bond acceptors (Lipinski definition) is 6. The SMILES string of the molecule is COc1ccc(C)cc1-n1nnnc1SCC(=O)NCC(F)(F)F. The van der Waals surface area contributed by atoms with Gasteiger partial charge in [-0.25, -0.2) is 0 Å².